The van der Waals surface area contributed by atoms with Gasteiger partial charge in [-0.15, -0.1) is 0 Å². The Morgan fingerprint density at radius 3 is 2.32 bits per heavy atom. The van der Waals surface area contributed by atoms with E-state index in [1.165, 1.54) is 48.3 Å². The van der Waals surface area contributed by atoms with Crippen molar-refractivity contribution in [1.29, 1.82) is 0 Å². The molecule has 0 unspecified atom stereocenters. The number of unbranched alkanes of at least 4 members (excludes halogenated alkanes) is 1. The molecule has 2 heterocycles. The highest BCUT2D eigenvalue weighted by molar-refractivity contribution is 5.57. The van der Waals surface area contributed by atoms with Crippen molar-refractivity contribution in [1.82, 2.24) is 4.90 Å². The van der Waals surface area contributed by atoms with Crippen LogP contribution >= 0.6 is 0 Å². The molecule has 2 aromatic carbocycles. The van der Waals surface area contributed by atoms with Gasteiger partial charge in [-0.05, 0) is 48.6 Å². The number of benzene rings is 2. The van der Waals surface area contributed by atoms with Gasteiger partial charge >= 0.3 is 0 Å². The van der Waals surface area contributed by atoms with Crippen LogP contribution in [-0.4, -0.2) is 24.5 Å². The first-order valence-corrected chi connectivity index (χ1v) is 8.34. The third-order valence-electron chi connectivity index (χ3n) is 4.89. The number of fused-ring (bicyclic) bond motifs is 2. The van der Waals surface area contributed by atoms with Gasteiger partial charge in [-0.3, -0.25) is 4.90 Å². The first-order chi connectivity index (χ1) is 10.9. The highest BCUT2D eigenvalue weighted by atomic mass is 15.2. The predicted octanol–water partition coefficient (Wildman–Crippen LogP) is 3.66. The summed E-state index contributed by atoms with van der Waals surface area (Å²) in [6.45, 7) is 5.67. The molecule has 2 nitrogen and oxygen atoms in total. The van der Waals surface area contributed by atoms with Gasteiger partial charge < -0.3 is 4.90 Å². The minimum atomic E-state index is 1.08. The minimum absolute atomic E-state index is 1.08. The standard InChI is InChI=1S/C20H23N2/c1-2-9-19-16-21(15-18(19)8-1)12-5-6-13-22-14-11-17-7-3-4-10-20(17)22/h1-4,6-10H,5,11-16H2. The first kappa shape index (κ1) is 13.8. The highest BCUT2D eigenvalue weighted by Crippen LogP contribution is 2.27. The monoisotopic (exact) mass is 291 g/mol. The van der Waals surface area contributed by atoms with Gasteiger partial charge in [0.05, 0.1) is 0 Å². The molecule has 113 valence electrons. The van der Waals surface area contributed by atoms with Gasteiger partial charge in [-0.25, -0.2) is 0 Å². The molecular formula is C20H23N2. The molecule has 0 saturated carbocycles. The summed E-state index contributed by atoms with van der Waals surface area (Å²) in [7, 11) is 0. The summed E-state index contributed by atoms with van der Waals surface area (Å²) in [6.07, 6.45) is 4.82. The Kier molecular flexibility index (Phi) is 3.86. The van der Waals surface area contributed by atoms with E-state index in [0.717, 1.165) is 19.6 Å². The van der Waals surface area contributed by atoms with Crippen LogP contribution in [0.15, 0.2) is 48.5 Å². The van der Waals surface area contributed by atoms with Crippen molar-refractivity contribution in [2.45, 2.75) is 25.9 Å². The number of nitrogens with zero attached hydrogens (tertiary/aromatic N) is 2. The van der Waals surface area contributed by atoms with E-state index in [2.05, 4.69) is 64.8 Å². The number of hydrogen-bond acceptors (Lipinski definition) is 2. The Hall–Kier alpha value is -1.80. The number of para-hydroxylation sites is 1. The van der Waals surface area contributed by atoms with E-state index < -0.39 is 0 Å². The molecule has 2 heteroatoms. The Labute approximate surface area is 133 Å². The summed E-state index contributed by atoms with van der Waals surface area (Å²) in [5.41, 5.74) is 5.96. The molecule has 0 atom stereocenters. The molecule has 1 radical (unpaired) electrons. The molecule has 4 rings (SSSR count). The van der Waals surface area contributed by atoms with Crippen molar-refractivity contribution in [2.75, 3.05) is 24.5 Å². The van der Waals surface area contributed by atoms with Crippen LogP contribution in [0.25, 0.3) is 0 Å². The summed E-state index contributed by atoms with van der Waals surface area (Å²) in [5, 5.41) is 0. The Balaban J connectivity index is 1.23. The van der Waals surface area contributed by atoms with Crippen molar-refractivity contribution in [3.8, 4) is 0 Å². The third kappa shape index (κ3) is 2.76. The summed E-state index contributed by atoms with van der Waals surface area (Å²) in [4.78, 5) is 5.06. The smallest absolute Gasteiger partial charge is 0.0399 e. The Morgan fingerprint density at radius 1 is 0.864 bits per heavy atom. The molecule has 0 saturated heterocycles. The van der Waals surface area contributed by atoms with Gasteiger partial charge in [0.15, 0.2) is 0 Å². The lowest BCUT2D eigenvalue weighted by atomic mass is 10.1. The summed E-state index contributed by atoms with van der Waals surface area (Å²) < 4.78 is 0. The molecule has 2 aliphatic rings. The zero-order valence-corrected chi connectivity index (χ0v) is 13.0. The first-order valence-electron chi connectivity index (χ1n) is 8.34. The zero-order chi connectivity index (χ0) is 14.8. The van der Waals surface area contributed by atoms with Gasteiger partial charge in [0, 0.05) is 31.9 Å². The molecule has 0 aromatic heterocycles. The number of rotatable bonds is 5. The SMILES string of the molecule is [CH](CCN1Cc2ccccc2C1)CN1CCc2ccccc21. The minimum Gasteiger partial charge on any atom is -0.371 e. The highest BCUT2D eigenvalue weighted by Gasteiger charge is 2.19. The number of anilines is 1. The van der Waals surface area contributed by atoms with Crippen molar-refractivity contribution in [3.05, 3.63) is 71.6 Å². The second kappa shape index (κ2) is 6.13. The maximum absolute atomic E-state index is 2.55. The van der Waals surface area contributed by atoms with Gasteiger partial charge in [0.2, 0.25) is 0 Å². The Morgan fingerprint density at radius 2 is 1.55 bits per heavy atom. The van der Waals surface area contributed by atoms with Crippen molar-refractivity contribution < 1.29 is 0 Å². The molecule has 0 bridgehead atoms. The topological polar surface area (TPSA) is 6.48 Å². The normalized spacial score (nSPS) is 16.8. The molecule has 0 aliphatic carbocycles. The fourth-order valence-corrected chi connectivity index (χ4v) is 3.68. The van der Waals surface area contributed by atoms with E-state index in [-0.39, 0.29) is 0 Å². The van der Waals surface area contributed by atoms with Gasteiger partial charge in [-0.1, -0.05) is 42.5 Å². The van der Waals surface area contributed by atoms with Crippen LogP contribution in [0.4, 0.5) is 5.69 Å². The van der Waals surface area contributed by atoms with Crippen LogP contribution in [0.5, 0.6) is 0 Å². The van der Waals surface area contributed by atoms with E-state index >= 15 is 0 Å². The molecule has 0 amide bonds. The lowest BCUT2D eigenvalue weighted by molar-refractivity contribution is 0.286. The third-order valence-corrected chi connectivity index (χ3v) is 4.89. The average molecular weight is 291 g/mol. The fourth-order valence-electron chi connectivity index (χ4n) is 3.68. The van der Waals surface area contributed by atoms with Crippen molar-refractivity contribution >= 4 is 5.69 Å². The second-order valence-electron chi connectivity index (χ2n) is 6.38. The van der Waals surface area contributed by atoms with Crippen LogP contribution in [0.3, 0.4) is 0 Å². The second-order valence-corrected chi connectivity index (χ2v) is 6.38. The maximum Gasteiger partial charge on any atom is 0.0399 e. The zero-order valence-electron chi connectivity index (χ0n) is 13.0. The van der Waals surface area contributed by atoms with Crippen LogP contribution in [0.2, 0.25) is 0 Å². The van der Waals surface area contributed by atoms with Crippen LogP contribution in [0.1, 0.15) is 23.1 Å². The predicted molar refractivity (Wildman–Crippen MR) is 91.8 cm³/mol. The fraction of sp³-hybridized carbons (Fsp3) is 0.350. The lowest BCUT2D eigenvalue weighted by Crippen LogP contribution is -2.24. The van der Waals surface area contributed by atoms with E-state index in [9.17, 15) is 0 Å². The van der Waals surface area contributed by atoms with Crippen LogP contribution < -0.4 is 4.90 Å². The summed E-state index contributed by atoms with van der Waals surface area (Å²) in [6, 6.07) is 17.7. The lowest BCUT2D eigenvalue weighted by Gasteiger charge is -2.20. The van der Waals surface area contributed by atoms with E-state index in [1.54, 1.807) is 0 Å². The van der Waals surface area contributed by atoms with E-state index in [1.807, 2.05) is 0 Å². The van der Waals surface area contributed by atoms with E-state index in [4.69, 9.17) is 0 Å². The quantitative estimate of drug-likeness (QED) is 0.776. The molecular weight excluding hydrogens is 268 g/mol. The maximum atomic E-state index is 2.55. The molecule has 0 N–H and O–H groups in total. The summed E-state index contributed by atoms with van der Waals surface area (Å²) >= 11 is 0. The van der Waals surface area contributed by atoms with Gasteiger partial charge in [-0.2, -0.15) is 0 Å². The van der Waals surface area contributed by atoms with E-state index in [0.29, 0.717) is 0 Å². The number of hydrogen-bond donors (Lipinski definition) is 0. The molecule has 2 aromatic rings. The van der Waals surface area contributed by atoms with Gasteiger partial charge in [0.25, 0.3) is 0 Å². The Bertz CT molecular complexity index is 625. The average Bonchev–Trinajstić information content (AvgIpc) is 3.15. The van der Waals surface area contributed by atoms with Crippen molar-refractivity contribution in [3.63, 3.8) is 0 Å². The van der Waals surface area contributed by atoms with Crippen LogP contribution in [-0.2, 0) is 19.5 Å². The van der Waals surface area contributed by atoms with Gasteiger partial charge in [0.1, 0.15) is 0 Å². The molecule has 22 heavy (non-hydrogen) atoms. The van der Waals surface area contributed by atoms with Crippen LogP contribution in [0, 0.1) is 6.42 Å². The molecule has 2 aliphatic heterocycles. The summed E-state index contributed by atoms with van der Waals surface area (Å²) in [5.74, 6) is 0. The van der Waals surface area contributed by atoms with Crippen molar-refractivity contribution in [2.24, 2.45) is 0 Å². The molecule has 0 spiro atoms. The molecule has 0 fully saturated rings. The largest absolute Gasteiger partial charge is 0.371 e.